The van der Waals surface area contributed by atoms with Crippen molar-refractivity contribution in [3.8, 4) is 0 Å². The van der Waals surface area contributed by atoms with E-state index in [-0.39, 0.29) is 18.2 Å². The largest absolute Gasteiger partial charge is 0.343 e. The minimum atomic E-state index is -0.976. The zero-order valence-electron chi connectivity index (χ0n) is 17.3. The van der Waals surface area contributed by atoms with Gasteiger partial charge in [0.1, 0.15) is 11.6 Å². The fraction of sp³-hybridized carbons (Fsp3) is 0.250. The van der Waals surface area contributed by atoms with Gasteiger partial charge in [0.2, 0.25) is 5.91 Å². The van der Waals surface area contributed by atoms with Crippen LogP contribution in [0.15, 0.2) is 60.0 Å². The molecule has 4 nitrogen and oxygen atoms in total. The molecule has 0 spiro atoms. The number of rotatable bonds is 8. The lowest BCUT2D eigenvalue weighted by Crippen LogP contribution is -2.39. The zero-order chi connectivity index (χ0) is 22.4. The summed E-state index contributed by atoms with van der Waals surface area (Å²) in [5.74, 6) is -2.40. The molecule has 2 N–H and O–H groups in total. The molecule has 7 heteroatoms. The van der Waals surface area contributed by atoms with Crippen molar-refractivity contribution in [1.29, 1.82) is 0 Å². The first kappa shape index (κ1) is 22.6. The number of hydrogen-bond donors (Lipinski definition) is 2. The molecule has 2 amide bonds. The van der Waals surface area contributed by atoms with Crippen molar-refractivity contribution in [1.82, 2.24) is 10.6 Å². The molecule has 162 valence electrons. The molecule has 0 aliphatic heterocycles. The van der Waals surface area contributed by atoms with Crippen LogP contribution in [0.4, 0.5) is 8.78 Å². The molecular formula is C24H24F2N2O2S. The molecule has 0 fully saturated rings. The van der Waals surface area contributed by atoms with E-state index in [4.69, 9.17) is 0 Å². The highest BCUT2D eigenvalue weighted by Gasteiger charge is 2.19. The number of carbonyl (C=O) groups excluding carboxylic acids is 2. The van der Waals surface area contributed by atoms with Crippen molar-refractivity contribution in [2.45, 2.75) is 26.3 Å². The van der Waals surface area contributed by atoms with E-state index in [0.29, 0.717) is 12.0 Å². The molecular weight excluding hydrogens is 418 g/mol. The fourth-order valence-corrected chi connectivity index (χ4v) is 4.04. The molecule has 1 aromatic heterocycles. The summed E-state index contributed by atoms with van der Waals surface area (Å²) in [5.41, 5.74) is 1.84. The lowest BCUT2D eigenvalue weighted by atomic mass is 9.99. The van der Waals surface area contributed by atoms with Crippen LogP contribution in [0.25, 0.3) is 0 Å². The average Bonchev–Trinajstić information content (AvgIpc) is 3.25. The predicted molar refractivity (Wildman–Crippen MR) is 118 cm³/mol. The molecule has 1 unspecified atom stereocenters. The molecule has 0 saturated heterocycles. The van der Waals surface area contributed by atoms with Crippen LogP contribution in [0, 0.1) is 17.6 Å². The van der Waals surface area contributed by atoms with Gasteiger partial charge < -0.3 is 10.6 Å². The van der Waals surface area contributed by atoms with Crippen molar-refractivity contribution in [3.05, 3.63) is 93.2 Å². The number of amides is 2. The van der Waals surface area contributed by atoms with Crippen LogP contribution in [0.5, 0.6) is 0 Å². The van der Waals surface area contributed by atoms with Gasteiger partial charge in [0.05, 0.1) is 18.2 Å². The average molecular weight is 443 g/mol. The summed E-state index contributed by atoms with van der Waals surface area (Å²) in [6, 6.07) is 14.3. The quantitative estimate of drug-likeness (QED) is 0.523. The van der Waals surface area contributed by atoms with Gasteiger partial charge in [-0.25, -0.2) is 8.78 Å². The molecule has 2 aromatic carbocycles. The standard InChI is InChI=1S/C24H24F2N2O2S/c1-15(2)12-16-5-7-17(8-6-16)23(21-4-3-11-31-21)28-22(29)14-27-24(30)19-10-9-18(25)13-20(19)26/h3-11,13,15,23H,12,14H2,1-2H3,(H,27,30)(H,28,29). The third kappa shape index (κ3) is 6.21. The Kier molecular flexibility index (Phi) is 7.52. The Labute approximate surface area is 184 Å². The van der Waals surface area contributed by atoms with E-state index < -0.39 is 23.4 Å². The summed E-state index contributed by atoms with van der Waals surface area (Å²) in [5, 5.41) is 7.24. The van der Waals surface area contributed by atoms with E-state index in [1.54, 1.807) is 0 Å². The van der Waals surface area contributed by atoms with E-state index >= 15 is 0 Å². The van der Waals surface area contributed by atoms with Gasteiger partial charge in [-0.05, 0) is 47.0 Å². The second-order valence-electron chi connectivity index (χ2n) is 7.66. The Hall–Kier alpha value is -3.06. The smallest absolute Gasteiger partial charge is 0.254 e. The molecule has 3 aromatic rings. The maximum Gasteiger partial charge on any atom is 0.254 e. The molecule has 3 rings (SSSR count). The van der Waals surface area contributed by atoms with Crippen LogP contribution in [-0.2, 0) is 11.2 Å². The van der Waals surface area contributed by atoms with Gasteiger partial charge in [0, 0.05) is 10.9 Å². The normalized spacial score (nSPS) is 11.9. The number of hydrogen-bond acceptors (Lipinski definition) is 3. The van der Waals surface area contributed by atoms with Crippen molar-refractivity contribution < 1.29 is 18.4 Å². The number of benzene rings is 2. The second-order valence-corrected chi connectivity index (χ2v) is 8.64. The van der Waals surface area contributed by atoms with Crippen LogP contribution < -0.4 is 10.6 Å². The minimum absolute atomic E-state index is 0.315. The molecule has 0 saturated carbocycles. The van der Waals surface area contributed by atoms with Crippen molar-refractivity contribution in [2.75, 3.05) is 6.54 Å². The summed E-state index contributed by atoms with van der Waals surface area (Å²) >= 11 is 1.52. The second kappa shape index (κ2) is 10.3. The number of thiophene rings is 1. The Morgan fingerprint density at radius 3 is 2.39 bits per heavy atom. The maximum atomic E-state index is 13.8. The first-order valence-corrected chi connectivity index (χ1v) is 10.9. The van der Waals surface area contributed by atoms with Crippen LogP contribution in [0.3, 0.4) is 0 Å². The van der Waals surface area contributed by atoms with Crippen LogP contribution in [0.1, 0.15) is 46.3 Å². The van der Waals surface area contributed by atoms with Gasteiger partial charge in [0.15, 0.2) is 0 Å². The van der Waals surface area contributed by atoms with Crippen molar-refractivity contribution in [2.24, 2.45) is 5.92 Å². The third-order valence-electron chi connectivity index (χ3n) is 4.68. The van der Waals surface area contributed by atoms with Crippen LogP contribution >= 0.6 is 11.3 Å². The lowest BCUT2D eigenvalue weighted by molar-refractivity contribution is -0.120. The highest BCUT2D eigenvalue weighted by Crippen LogP contribution is 2.26. The van der Waals surface area contributed by atoms with Gasteiger partial charge >= 0.3 is 0 Å². The Bertz CT molecular complexity index is 1030. The zero-order valence-corrected chi connectivity index (χ0v) is 18.1. The Balaban J connectivity index is 1.67. The molecule has 1 atom stereocenters. The lowest BCUT2D eigenvalue weighted by Gasteiger charge is -2.19. The van der Waals surface area contributed by atoms with E-state index in [2.05, 4.69) is 36.6 Å². The highest BCUT2D eigenvalue weighted by molar-refractivity contribution is 7.10. The van der Waals surface area contributed by atoms with E-state index in [9.17, 15) is 18.4 Å². The SMILES string of the molecule is CC(C)Cc1ccc(C(NC(=O)CNC(=O)c2ccc(F)cc2F)c2cccs2)cc1. The third-order valence-corrected chi connectivity index (χ3v) is 5.61. The summed E-state index contributed by atoms with van der Waals surface area (Å²) in [6.07, 6.45) is 0.974. The van der Waals surface area contributed by atoms with E-state index in [1.807, 2.05) is 29.6 Å². The molecule has 31 heavy (non-hydrogen) atoms. The van der Waals surface area contributed by atoms with Crippen LogP contribution in [0.2, 0.25) is 0 Å². The topological polar surface area (TPSA) is 58.2 Å². The number of carbonyl (C=O) groups is 2. The Morgan fingerprint density at radius 1 is 1.03 bits per heavy atom. The Morgan fingerprint density at radius 2 is 1.77 bits per heavy atom. The summed E-state index contributed by atoms with van der Waals surface area (Å²) in [4.78, 5) is 25.6. The van der Waals surface area contributed by atoms with Gasteiger partial charge in [-0.15, -0.1) is 11.3 Å². The summed E-state index contributed by atoms with van der Waals surface area (Å²) in [7, 11) is 0. The first-order valence-electron chi connectivity index (χ1n) is 9.98. The first-order chi connectivity index (χ1) is 14.8. The van der Waals surface area contributed by atoms with Crippen molar-refractivity contribution in [3.63, 3.8) is 0 Å². The molecule has 0 aliphatic rings. The minimum Gasteiger partial charge on any atom is -0.343 e. The van der Waals surface area contributed by atoms with E-state index in [1.165, 1.54) is 16.9 Å². The van der Waals surface area contributed by atoms with Crippen LogP contribution in [-0.4, -0.2) is 18.4 Å². The van der Waals surface area contributed by atoms with Gasteiger partial charge in [-0.2, -0.15) is 0 Å². The van der Waals surface area contributed by atoms with Gasteiger partial charge in [0.25, 0.3) is 5.91 Å². The summed E-state index contributed by atoms with van der Waals surface area (Å²) < 4.78 is 26.8. The van der Waals surface area contributed by atoms with Crippen molar-refractivity contribution >= 4 is 23.2 Å². The summed E-state index contributed by atoms with van der Waals surface area (Å²) in [6.45, 7) is 3.99. The fourth-order valence-electron chi connectivity index (χ4n) is 3.23. The number of halogens is 2. The molecule has 0 radical (unpaired) electrons. The van der Waals surface area contributed by atoms with E-state index in [0.717, 1.165) is 29.0 Å². The maximum absolute atomic E-state index is 13.8. The monoisotopic (exact) mass is 442 g/mol. The predicted octanol–water partition coefficient (Wildman–Crippen LogP) is 4.86. The number of nitrogens with one attached hydrogen (secondary N) is 2. The molecule has 1 heterocycles. The molecule has 0 bridgehead atoms. The van der Waals surface area contributed by atoms with Gasteiger partial charge in [-0.1, -0.05) is 44.2 Å². The van der Waals surface area contributed by atoms with Gasteiger partial charge in [-0.3, -0.25) is 9.59 Å². The highest BCUT2D eigenvalue weighted by atomic mass is 32.1. The molecule has 0 aliphatic carbocycles.